The molecule has 1 saturated heterocycles. The number of nitrogens with one attached hydrogen (secondary N) is 1. The van der Waals surface area contributed by atoms with Crippen LogP contribution in [0.15, 0.2) is 42.5 Å². The first-order chi connectivity index (χ1) is 16.1. The normalized spacial score (nSPS) is 24.0. The molecule has 6 nitrogen and oxygen atoms in total. The van der Waals surface area contributed by atoms with Crippen molar-refractivity contribution in [2.75, 3.05) is 18.0 Å². The SMILES string of the molecule is C[C@H]1CCc2c(ccc3c2nc(Cc2ccccc2)n3[C@@H]2CCC23CCNCC3)N1C(=O)O. The van der Waals surface area contributed by atoms with Crippen molar-refractivity contribution >= 4 is 22.8 Å². The van der Waals surface area contributed by atoms with E-state index in [0.29, 0.717) is 11.5 Å². The first kappa shape index (κ1) is 20.7. The maximum absolute atomic E-state index is 12.0. The summed E-state index contributed by atoms with van der Waals surface area (Å²) in [5.41, 5.74) is 5.73. The van der Waals surface area contributed by atoms with E-state index in [2.05, 4.69) is 46.3 Å². The lowest BCUT2D eigenvalue weighted by Crippen LogP contribution is -2.49. The molecule has 1 spiro atoms. The molecule has 172 valence electrons. The number of nitrogens with zero attached hydrogens (tertiary/aromatic N) is 3. The number of imidazole rings is 1. The highest BCUT2D eigenvalue weighted by atomic mass is 16.4. The Morgan fingerprint density at radius 1 is 1.12 bits per heavy atom. The molecule has 2 atom stereocenters. The van der Waals surface area contributed by atoms with Crippen molar-refractivity contribution in [2.24, 2.45) is 5.41 Å². The van der Waals surface area contributed by atoms with Gasteiger partial charge in [-0.1, -0.05) is 30.3 Å². The van der Waals surface area contributed by atoms with Gasteiger partial charge in [0, 0.05) is 24.1 Å². The first-order valence-electron chi connectivity index (χ1n) is 12.4. The average Bonchev–Trinajstić information content (AvgIpc) is 3.16. The number of hydrogen-bond donors (Lipinski definition) is 2. The minimum atomic E-state index is -0.876. The number of fused-ring (bicyclic) bond motifs is 3. The van der Waals surface area contributed by atoms with Crippen molar-refractivity contribution in [1.82, 2.24) is 14.9 Å². The lowest BCUT2D eigenvalue weighted by molar-refractivity contribution is 0.00834. The van der Waals surface area contributed by atoms with Crippen molar-refractivity contribution in [1.29, 1.82) is 0 Å². The number of carbonyl (C=O) groups is 1. The van der Waals surface area contributed by atoms with Gasteiger partial charge in [0.15, 0.2) is 0 Å². The van der Waals surface area contributed by atoms with E-state index >= 15 is 0 Å². The quantitative estimate of drug-likeness (QED) is 0.586. The van der Waals surface area contributed by atoms with Crippen LogP contribution in [0.25, 0.3) is 11.0 Å². The van der Waals surface area contributed by atoms with Crippen molar-refractivity contribution < 1.29 is 9.90 Å². The second-order valence-electron chi connectivity index (χ2n) is 10.2. The van der Waals surface area contributed by atoms with Crippen LogP contribution < -0.4 is 10.2 Å². The molecule has 2 N–H and O–H groups in total. The van der Waals surface area contributed by atoms with Crippen LogP contribution in [0.1, 0.15) is 62.0 Å². The summed E-state index contributed by atoms with van der Waals surface area (Å²) in [6.45, 7) is 4.19. The Morgan fingerprint density at radius 3 is 2.61 bits per heavy atom. The summed E-state index contributed by atoms with van der Waals surface area (Å²) in [5.74, 6) is 1.12. The highest BCUT2D eigenvalue weighted by molar-refractivity contribution is 5.94. The molecule has 2 aliphatic heterocycles. The second kappa shape index (κ2) is 7.87. The third-order valence-corrected chi connectivity index (χ3v) is 8.47. The van der Waals surface area contributed by atoms with Gasteiger partial charge in [0.2, 0.25) is 0 Å². The lowest BCUT2D eigenvalue weighted by Gasteiger charge is -2.53. The Balaban J connectivity index is 1.51. The fraction of sp³-hybridized carbons (Fsp3) is 0.481. The van der Waals surface area contributed by atoms with E-state index in [1.54, 1.807) is 0 Å². The summed E-state index contributed by atoms with van der Waals surface area (Å²) >= 11 is 0. The average molecular weight is 445 g/mol. The van der Waals surface area contributed by atoms with Crippen molar-refractivity contribution in [3.63, 3.8) is 0 Å². The van der Waals surface area contributed by atoms with E-state index in [1.807, 2.05) is 13.0 Å². The minimum Gasteiger partial charge on any atom is -0.465 e. The number of amides is 1. The van der Waals surface area contributed by atoms with Gasteiger partial charge in [0.1, 0.15) is 5.82 Å². The number of rotatable bonds is 3. The largest absolute Gasteiger partial charge is 0.465 e. The highest BCUT2D eigenvalue weighted by Gasteiger charge is 2.49. The summed E-state index contributed by atoms with van der Waals surface area (Å²) in [7, 11) is 0. The van der Waals surface area contributed by atoms with Crippen LogP contribution in [0.5, 0.6) is 0 Å². The summed E-state index contributed by atoms with van der Waals surface area (Å²) in [4.78, 5) is 18.8. The fourth-order valence-corrected chi connectivity index (χ4v) is 6.58. The lowest BCUT2D eigenvalue weighted by atomic mass is 9.59. The smallest absolute Gasteiger partial charge is 0.412 e. The van der Waals surface area contributed by atoms with Crippen LogP contribution in [0.4, 0.5) is 10.5 Å². The highest BCUT2D eigenvalue weighted by Crippen LogP contribution is 2.57. The molecule has 2 fully saturated rings. The molecule has 6 heteroatoms. The van der Waals surface area contributed by atoms with Crippen LogP contribution in [-0.4, -0.2) is 39.9 Å². The van der Waals surface area contributed by atoms with Crippen LogP contribution >= 0.6 is 0 Å². The zero-order valence-corrected chi connectivity index (χ0v) is 19.3. The Bertz CT molecular complexity index is 1200. The molecule has 1 aliphatic carbocycles. The summed E-state index contributed by atoms with van der Waals surface area (Å²) < 4.78 is 2.54. The van der Waals surface area contributed by atoms with Gasteiger partial charge in [-0.3, -0.25) is 4.90 Å². The Hall–Kier alpha value is -2.86. The van der Waals surface area contributed by atoms with Gasteiger partial charge >= 0.3 is 6.09 Å². The number of hydrogen-bond acceptors (Lipinski definition) is 3. The van der Waals surface area contributed by atoms with E-state index in [9.17, 15) is 9.90 Å². The van der Waals surface area contributed by atoms with Gasteiger partial charge < -0.3 is 15.0 Å². The number of carboxylic acid groups (broad SMARTS) is 1. The molecule has 1 amide bonds. The predicted octanol–water partition coefficient (Wildman–Crippen LogP) is 5.15. The van der Waals surface area contributed by atoms with E-state index < -0.39 is 6.09 Å². The number of aromatic nitrogens is 2. The van der Waals surface area contributed by atoms with E-state index in [-0.39, 0.29) is 6.04 Å². The summed E-state index contributed by atoms with van der Waals surface area (Å²) in [6, 6.07) is 15.2. The van der Waals surface area contributed by atoms with E-state index in [0.717, 1.165) is 54.9 Å². The Kier molecular flexibility index (Phi) is 4.94. The minimum absolute atomic E-state index is 0.0111. The van der Waals surface area contributed by atoms with Gasteiger partial charge in [0.25, 0.3) is 0 Å². The Morgan fingerprint density at radius 2 is 1.91 bits per heavy atom. The topological polar surface area (TPSA) is 70.4 Å². The molecular formula is C27H32N4O2. The first-order valence-corrected chi connectivity index (χ1v) is 12.4. The molecule has 33 heavy (non-hydrogen) atoms. The predicted molar refractivity (Wildman–Crippen MR) is 130 cm³/mol. The molecule has 3 aromatic rings. The molecule has 3 heterocycles. The van der Waals surface area contributed by atoms with Gasteiger partial charge in [0.05, 0.1) is 16.7 Å². The molecule has 1 saturated carbocycles. The monoisotopic (exact) mass is 444 g/mol. The van der Waals surface area contributed by atoms with Gasteiger partial charge in [-0.2, -0.15) is 0 Å². The van der Waals surface area contributed by atoms with Crippen LogP contribution in [0.3, 0.4) is 0 Å². The molecule has 0 radical (unpaired) electrons. The standard InChI is InChI=1S/C27H32N4O2/c1-18-7-8-20-21(30(18)26(32)33)9-10-22-25(20)29-24(17-19-5-3-2-4-6-19)31(22)23-11-12-27(23)13-15-28-16-14-27/h2-6,9-10,18,23,28H,7-8,11-17H2,1H3,(H,32,33)/t18-,23+/m0/s1. The van der Waals surface area contributed by atoms with Crippen molar-refractivity contribution in [3.05, 3.63) is 59.4 Å². The van der Waals surface area contributed by atoms with Gasteiger partial charge in [-0.15, -0.1) is 0 Å². The van der Waals surface area contributed by atoms with Crippen LogP contribution in [-0.2, 0) is 12.8 Å². The number of anilines is 1. The Labute approximate surface area is 194 Å². The van der Waals surface area contributed by atoms with E-state index in [1.165, 1.54) is 41.7 Å². The van der Waals surface area contributed by atoms with Crippen molar-refractivity contribution in [2.45, 2.75) is 64.0 Å². The third kappa shape index (κ3) is 3.26. The molecule has 1 aromatic heterocycles. The number of benzene rings is 2. The molecule has 6 rings (SSSR count). The van der Waals surface area contributed by atoms with Crippen LogP contribution in [0.2, 0.25) is 0 Å². The fourth-order valence-electron chi connectivity index (χ4n) is 6.58. The summed E-state index contributed by atoms with van der Waals surface area (Å²) in [5, 5.41) is 13.4. The van der Waals surface area contributed by atoms with Crippen LogP contribution in [0, 0.1) is 5.41 Å². The molecule has 0 bridgehead atoms. The molecule has 2 aromatic carbocycles. The second-order valence-corrected chi connectivity index (χ2v) is 10.2. The molecule has 0 unspecified atom stereocenters. The van der Waals surface area contributed by atoms with E-state index in [4.69, 9.17) is 4.98 Å². The maximum Gasteiger partial charge on any atom is 0.412 e. The number of aryl methyl sites for hydroxylation is 1. The molecule has 3 aliphatic rings. The zero-order valence-electron chi connectivity index (χ0n) is 19.3. The van der Waals surface area contributed by atoms with Crippen molar-refractivity contribution in [3.8, 4) is 0 Å². The molecular weight excluding hydrogens is 412 g/mol. The number of piperidine rings is 1. The maximum atomic E-state index is 12.0. The van der Waals surface area contributed by atoms with Gasteiger partial charge in [-0.25, -0.2) is 9.78 Å². The zero-order chi connectivity index (χ0) is 22.6. The third-order valence-electron chi connectivity index (χ3n) is 8.47. The summed E-state index contributed by atoms with van der Waals surface area (Å²) in [6.07, 6.45) is 6.56. The van der Waals surface area contributed by atoms with Gasteiger partial charge in [-0.05, 0) is 81.6 Å².